The number of ketones is 1. The minimum Gasteiger partial charge on any atom is -0.465 e. The number of carbonyl (C=O) groups excluding carboxylic acids is 2. The van der Waals surface area contributed by atoms with Gasteiger partial charge in [0.2, 0.25) is 0 Å². The molecule has 1 saturated carbocycles. The van der Waals surface area contributed by atoms with Gasteiger partial charge in [0.05, 0.1) is 6.61 Å². The molecule has 0 aromatic carbocycles. The van der Waals surface area contributed by atoms with E-state index in [4.69, 9.17) is 9.47 Å². The van der Waals surface area contributed by atoms with Crippen molar-refractivity contribution in [3.8, 4) is 0 Å². The molecule has 1 aliphatic rings. The van der Waals surface area contributed by atoms with Crippen LogP contribution in [-0.2, 0) is 19.1 Å². The van der Waals surface area contributed by atoms with Gasteiger partial charge in [0.15, 0.2) is 5.78 Å². The van der Waals surface area contributed by atoms with Gasteiger partial charge in [-0.1, -0.05) is 13.3 Å². The summed E-state index contributed by atoms with van der Waals surface area (Å²) in [5.41, 5.74) is -0.735. The van der Waals surface area contributed by atoms with Crippen molar-refractivity contribution >= 4 is 11.8 Å². The summed E-state index contributed by atoms with van der Waals surface area (Å²) in [5.74, 6) is -1.11. The summed E-state index contributed by atoms with van der Waals surface area (Å²) in [7, 11) is 0. The van der Waals surface area contributed by atoms with Crippen LogP contribution in [0.25, 0.3) is 0 Å². The minimum atomic E-state index is -0.735. The van der Waals surface area contributed by atoms with E-state index in [-0.39, 0.29) is 11.8 Å². The first-order valence-corrected chi connectivity index (χ1v) is 7.46. The molecule has 110 valence electrons. The van der Waals surface area contributed by atoms with Crippen molar-refractivity contribution in [1.29, 1.82) is 0 Å². The first-order valence-electron chi connectivity index (χ1n) is 7.46. The molecule has 4 heteroatoms. The highest BCUT2D eigenvalue weighted by molar-refractivity contribution is 6.03. The number of hydrogen-bond acceptors (Lipinski definition) is 4. The quantitative estimate of drug-likeness (QED) is 0.502. The van der Waals surface area contributed by atoms with Crippen LogP contribution in [0.1, 0.15) is 59.3 Å². The van der Waals surface area contributed by atoms with Crippen LogP contribution in [-0.4, -0.2) is 30.6 Å². The van der Waals surface area contributed by atoms with Crippen LogP contribution in [0.2, 0.25) is 0 Å². The van der Waals surface area contributed by atoms with Gasteiger partial charge in [-0.2, -0.15) is 0 Å². The molecule has 0 aliphatic heterocycles. The Bertz CT molecular complexity index is 305. The number of Topliss-reactive ketones (excluding diaryl/α,β-unsaturated/α-hetero) is 1. The molecule has 1 fully saturated rings. The second kappa shape index (κ2) is 7.63. The van der Waals surface area contributed by atoms with Gasteiger partial charge in [0.1, 0.15) is 11.5 Å². The topological polar surface area (TPSA) is 52.6 Å². The zero-order valence-electron chi connectivity index (χ0n) is 12.4. The molecule has 0 aromatic rings. The van der Waals surface area contributed by atoms with Crippen molar-refractivity contribution in [2.75, 3.05) is 13.2 Å². The molecular weight excluding hydrogens is 244 g/mol. The van der Waals surface area contributed by atoms with Crippen LogP contribution in [0.15, 0.2) is 0 Å². The van der Waals surface area contributed by atoms with E-state index >= 15 is 0 Å². The molecule has 0 N–H and O–H groups in total. The van der Waals surface area contributed by atoms with E-state index in [9.17, 15) is 9.59 Å². The number of esters is 1. The summed E-state index contributed by atoms with van der Waals surface area (Å²) in [4.78, 5) is 24.7. The Morgan fingerprint density at radius 3 is 2.21 bits per heavy atom. The first-order chi connectivity index (χ1) is 9.11. The summed E-state index contributed by atoms with van der Waals surface area (Å²) in [6, 6.07) is 0. The normalized spacial score (nSPS) is 19.1. The number of rotatable bonds is 8. The predicted molar refractivity (Wildman–Crippen MR) is 72.9 cm³/mol. The largest absolute Gasteiger partial charge is 0.465 e. The average Bonchev–Trinajstić information content (AvgIpc) is 2.85. The molecule has 1 rings (SSSR count). The molecule has 0 saturated heterocycles. The van der Waals surface area contributed by atoms with Crippen molar-refractivity contribution in [2.45, 2.75) is 64.9 Å². The molecule has 19 heavy (non-hydrogen) atoms. The van der Waals surface area contributed by atoms with E-state index < -0.39 is 11.5 Å². The number of ether oxygens (including phenoxy) is 2. The molecule has 0 radical (unpaired) electrons. The second-order valence-electron chi connectivity index (χ2n) is 5.09. The molecular formula is C15H26O4. The standard InChI is InChI=1S/C15H26O4/c1-4-9-12(14(17)18-5-2)13(16)15(19-6-3)10-7-8-11-15/h12H,4-11H2,1-3H3. The van der Waals surface area contributed by atoms with Crippen molar-refractivity contribution in [1.82, 2.24) is 0 Å². The van der Waals surface area contributed by atoms with E-state index in [1.54, 1.807) is 6.92 Å². The summed E-state index contributed by atoms with van der Waals surface area (Å²) in [5, 5.41) is 0. The lowest BCUT2D eigenvalue weighted by molar-refractivity contribution is -0.161. The predicted octanol–water partition coefficient (Wildman–Crippen LogP) is 2.88. The fraction of sp³-hybridized carbons (Fsp3) is 0.867. The fourth-order valence-electron chi connectivity index (χ4n) is 2.89. The lowest BCUT2D eigenvalue weighted by Crippen LogP contribution is -2.45. The Kier molecular flexibility index (Phi) is 6.49. The van der Waals surface area contributed by atoms with Crippen molar-refractivity contribution in [3.05, 3.63) is 0 Å². The van der Waals surface area contributed by atoms with Gasteiger partial charge in [-0.05, 0) is 46.0 Å². The van der Waals surface area contributed by atoms with E-state index in [0.717, 1.165) is 32.1 Å². The summed E-state index contributed by atoms with van der Waals surface area (Å²) in [6.07, 6.45) is 4.79. The SMILES string of the molecule is CCCC(C(=O)OCC)C(=O)C1(OCC)CCCC1. The maximum absolute atomic E-state index is 12.7. The zero-order chi connectivity index (χ0) is 14.3. The summed E-state index contributed by atoms with van der Waals surface area (Å²) in [6.45, 7) is 6.45. The molecule has 1 atom stereocenters. The third kappa shape index (κ3) is 3.78. The van der Waals surface area contributed by atoms with E-state index in [2.05, 4.69) is 0 Å². The van der Waals surface area contributed by atoms with E-state index in [1.165, 1.54) is 0 Å². The molecule has 0 spiro atoms. The average molecular weight is 270 g/mol. The van der Waals surface area contributed by atoms with Gasteiger partial charge in [-0.15, -0.1) is 0 Å². The third-order valence-electron chi connectivity index (χ3n) is 3.75. The molecule has 1 unspecified atom stereocenters. The van der Waals surface area contributed by atoms with Gasteiger partial charge >= 0.3 is 5.97 Å². The second-order valence-corrected chi connectivity index (χ2v) is 5.09. The Hall–Kier alpha value is -0.900. The van der Waals surface area contributed by atoms with Crippen LogP contribution in [0.3, 0.4) is 0 Å². The maximum atomic E-state index is 12.7. The van der Waals surface area contributed by atoms with Crippen LogP contribution in [0, 0.1) is 5.92 Å². The third-order valence-corrected chi connectivity index (χ3v) is 3.75. The Morgan fingerprint density at radius 1 is 1.11 bits per heavy atom. The fourth-order valence-corrected chi connectivity index (χ4v) is 2.89. The molecule has 0 heterocycles. The number of hydrogen-bond donors (Lipinski definition) is 0. The zero-order valence-corrected chi connectivity index (χ0v) is 12.4. The van der Waals surface area contributed by atoms with Crippen LogP contribution in [0.4, 0.5) is 0 Å². The molecule has 4 nitrogen and oxygen atoms in total. The van der Waals surface area contributed by atoms with Crippen molar-refractivity contribution in [2.24, 2.45) is 5.92 Å². The smallest absolute Gasteiger partial charge is 0.316 e. The highest BCUT2D eigenvalue weighted by Crippen LogP contribution is 2.37. The summed E-state index contributed by atoms with van der Waals surface area (Å²) < 4.78 is 10.8. The van der Waals surface area contributed by atoms with Gasteiger partial charge in [0, 0.05) is 6.61 Å². The van der Waals surface area contributed by atoms with Crippen LogP contribution >= 0.6 is 0 Å². The molecule has 0 aromatic heterocycles. The Labute approximate surface area is 115 Å². The first kappa shape index (κ1) is 16.2. The highest BCUT2D eigenvalue weighted by atomic mass is 16.5. The van der Waals surface area contributed by atoms with Gasteiger partial charge < -0.3 is 9.47 Å². The Morgan fingerprint density at radius 2 is 1.74 bits per heavy atom. The Balaban J connectivity index is 2.86. The van der Waals surface area contributed by atoms with Gasteiger partial charge in [-0.25, -0.2) is 0 Å². The molecule has 0 bridgehead atoms. The molecule has 0 amide bonds. The number of carbonyl (C=O) groups is 2. The lowest BCUT2D eigenvalue weighted by atomic mass is 9.84. The van der Waals surface area contributed by atoms with Crippen molar-refractivity contribution in [3.63, 3.8) is 0 Å². The van der Waals surface area contributed by atoms with Gasteiger partial charge in [-0.3, -0.25) is 9.59 Å². The molecule has 1 aliphatic carbocycles. The van der Waals surface area contributed by atoms with E-state index in [1.807, 2.05) is 13.8 Å². The van der Waals surface area contributed by atoms with Gasteiger partial charge in [0.25, 0.3) is 0 Å². The van der Waals surface area contributed by atoms with E-state index in [0.29, 0.717) is 19.6 Å². The lowest BCUT2D eigenvalue weighted by Gasteiger charge is -2.30. The van der Waals surface area contributed by atoms with Crippen LogP contribution < -0.4 is 0 Å². The monoisotopic (exact) mass is 270 g/mol. The minimum absolute atomic E-state index is 0.0628. The maximum Gasteiger partial charge on any atom is 0.316 e. The highest BCUT2D eigenvalue weighted by Gasteiger charge is 2.47. The van der Waals surface area contributed by atoms with Crippen molar-refractivity contribution < 1.29 is 19.1 Å². The summed E-state index contributed by atoms with van der Waals surface area (Å²) >= 11 is 0. The van der Waals surface area contributed by atoms with Crippen LogP contribution in [0.5, 0.6) is 0 Å².